The first-order chi connectivity index (χ1) is 11.1. The van der Waals surface area contributed by atoms with Crippen molar-refractivity contribution in [1.82, 2.24) is 0 Å². The zero-order chi connectivity index (χ0) is 16.2. The van der Waals surface area contributed by atoms with E-state index >= 15 is 0 Å². The molecule has 2 nitrogen and oxygen atoms in total. The van der Waals surface area contributed by atoms with Crippen molar-refractivity contribution >= 4 is 5.69 Å². The van der Waals surface area contributed by atoms with E-state index in [4.69, 9.17) is 10.5 Å². The third-order valence-corrected chi connectivity index (χ3v) is 4.17. The van der Waals surface area contributed by atoms with Crippen molar-refractivity contribution in [2.45, 2.75) is 20.5 Å². The van der Waals surface area contributed by atoms with Gasteiger partial charge >= 0.3 is 0 Å². The average Bonchev–Trinajstić information content (AvgIpc) is 2.57. The summed E-state index contributed by atoms with van der Waals surface area (Å²) in [7, 11) is 0. The summed E-state index contributed by atoms with van der Waals surface area (Å²) in [6.45, 7) is 4.81. The van der Waals surface area contributed by atoms with Gasteiger partial charge in [0.25, 0.3) is 0 Å². The van der Waals surface area contributed by atoms with Gasteiger partial charge in [0, 0.05) is 5.69 Å². The van der Waals surface area contributed by atoms with Crippen LogP contribution in [0.4, 0.5) is 5.69 Å². The van der Waals surface area contributed by atoms with Gasteiger partial charge in [-0.3, -0.25) is 0 Å². The molecule has 3 aromatic carbocycles. The Morgan fingerprint density at radius 2 is 1.61 bits per heavy atom. The number of hydrogen-bond acceptors (Lipinski definition) is 2. The molecule has 0 aromatic heterocycles. The Labute approximate surface area is 137 Å². The van der Waals surface area contributed by atoms with Crippen LogP contribution in [0.5, 0.6) is 5.75 Å². The molecule has 2 heteroatoms. The third-order valence-electron chi connectivity index (χ3n) is 4.17. The standard InChI is InChI=1S/C21H21NO/c1-15-16(2)21(23-14-17-7-4-3-5-8-17)12-11-20(15)18-9-6-10-19(22)13-18/h3-13H,14,22H2,1-2H3. The molecule has 0 unspecified atom stereocenters. The van der Waals surface area contributed by atoms with Crippen molar-refractivity contribution in [2.75, 3.05) is 5.73 Å². The maximum Gasteiger partial charge on any atom is 0.123 e. The quantitative estimate of drug-likeness (QED) is 0.678. The second-order valence-corrected chi connectivity index (χ2v) is 5.76. The average molecular weight is 303 g/mol. The van der Waals surface area contributed by atoms with E-state index < -0.39 is 0 Å². The molecule has 0 heterocycles. The minimum absolute atomic E-state index is 0.582. The molecule has 0 spiro atoms. The van der Waals surface area contributed by atoms with Crippen LogP contribution in [-0.2, 0) is 6.61 Å². The third kappa shape index (κ3) is 3.37. The molecule has 0 aliphatic rings. The summed E-state index contributed by atoms with van der Waals surface area (Å²) in [5.74, 6) is 0.930. The lowest BCUT2D eigenvalue weighted by molar-refractivity contribution is 0.304. The van der Waals surface area contributed by atoms with E-state index in [1.54, 1.807) is 0 Å². The minimum Gasteiger partial charge on any atom is -0.489 e. The first-order valence-corrected chi connectivity index (χ1v) is 7.78. The zero-order valence-corrected chi connectivity index (χ0v) is 13.5. The molecule has 0 saturated heterocycles. The number of hydrogen-bond donors (Lipinski definition) is 1. The SMILES string of the molecule is Cc1c(OCc2ccccc2)ccc(-c2cccc(N)c2)c1C. The summed E-state index contributed by atoms with van der Waals surface area (Å²) in [6, 6.07) is 22.4. The highest BCUT2D eigenvalue weighted by Crippen LogP contribution is 2.32. The smallest absolute Gasteiger partial charge is 0.123 e. The van der Waals surface area contributed by atoms with E-state index in [-0.39, 0.29) is 0 Å². The molecular formula is C21H21NO. The van der Waals surface area contributed by atoms with Crippen molar-refractivity contribution in [2.24, 2.45) is 0 Å². The normalized spacial score (nSPS) is 10.5. The van der Waals surface area contributed by atoms with Crippen LogP contribution in [0.25, 0.3) is 11.1 Å². The van der Waals surface area contributed by atoms with Crippen LogP contribution in [0.1, 0.15) is 16.7 Å². The molecule has 0 amide bonds. The van der Waals surface area contributed by atoms with Crippen molar-refractivity contribution in [3.63, 3.8) is 0 Å². The maximum absolute atomic E-state index is 5.99. The van der Waals surface area contributed by atoms with Crippen LogP contribution >= 0.6 is 0 Å². The van der Waals surface area contributed by atoms with Gasteiger partial charge in [0.1, 0.15) is 12.4 Å². The molecule has 0 radical (unpaired) electrons. The van der Waals surface area contributed by atoms with Gasteiger partial charge < -0.3 is 10.5 Å². The van der Waals surface area contributed by atoms with Crippen LogP contribution < -0.4 is 10.5 Å². The Morgan fingerprint density at radius 3 is 2.35 bits per heavy atom. The molecule has 0 saturated carbocycles. The maximum atomic E-state index is 5.99. The lowest BCUT2D eigenvalue weighted by Gasteiger charge is -2.15. The first kappa shape index (κ1) is 15.2. The minimum atomic E-state index is 0.582. The fourth-order valence-electron chi connectivity index (χ4n) is 2.71. The van der Waals surface area contributed by atoms with Gasteiger partial charge in [-0.15, -0.1) is 0 Å². The van der Waals surface area contributed by atoms with Crippen molar-refractivity contribution in [1.29, 1.82) is 0 Å². The Bertz CT molecular complexity index is 809. The van der Waals surface area contributed by atoms with E-state index in [0.717, 1.165) is 17.0 Å². The molecule has 0 bridgehead atoms. The summed E-state index contributed by atoms with van der Waals surface area (Å²) in [4.78, 5) is 0. The van der Waals surface area contributed by atoms with Crippen LogP contribution in [0.3, 0.4) is 0 Å². The summed E-state index contributed by atoms with van der Waals surface area (Å²) in [6.07, 6.45) is 0. The molecule has 116 valence electrons. The highest BCUT2D eigenvalue weighted by molar-refractivity contribution is 5.72. The fourth-order valence-corrected chi connectivity index (χ4v) is 2.71. The number of benzene rings is 3. The van der Waals surface area contributed by atoms with Crippen molar-refractivity contribution < 1.29 is 4.74 Å². The highest BCUT2D eigenvalue weighted by atomic mass is 16.5. The largest absolute Gasteiger partial charge is 0.489 e. The summed E-state index contributed by atoms with van der Waals surface area (Å²) < 4.78 is 5.99. The van der Waals surface area contributed by atoms with Crippen LogP contribution in [0, 0.1) is 13.8 Å². The van der Waals surface area contributed by atoms with Gasteiger partial charge in [-0.1, -0.05) is 48.5 Å². The van der Waals surface area contributed by atoms with Crippen LogP contribution in [0.2, 0.25) is 0 Å². The molecule has 3 rings (SSSR count). The Kier molecular flexibility index (Phi) is 4.33. The fraction of sp³-hybridized carbons (Fsp3) is 0.143. The van der Waals surface area contributed by atoms with Crippen LogP contribution in [0.15, 0.2) is 66.7 Å². The summed E-state index contributed by atoms with van der Waals surface area (Å²) in [5, 5.41) is 0. The number of nitrogen functional groups attached to an aromatic ring is 1. The zero-order valence-electron chi connectivity index (χ0n) is 13.5. The van der Waals surface area contributed by atoms with Gasteiger partial charge in [-0.25, -0.2) is 0 Å². The highest BCUT2D eigenvalue weighted by Gasteiger charge is 2.09. The number of nitrogens with two attached hydrogens (primary N) is 1. The van der Waals surface area contributed by atoms with Gasteiger partial charge in [0.15, 0.2) is 0 Å². The molecule has 23 heavy (non-hydrogen) atoms. The second-order valence-electron chi connectivity index (χ2n) is 5.76. The second kappa shape index (κ2) is 6.57. The van der Waals surface area contributed by atoms with Gasteiger partial charge in [0.2, 0.25) is 0 Å². The van der Waals surface area contributed by atoms with Gasteiger partial charge in [0.05, 0.1) is 0 Å². The van der Waals surface area contributed by atoms with E-state index in [1.807, 2.05) is 42.5 Å². The number of anilines is 1. The predicted octanol–water partition coefficient (Wildman–Crippen LogP) is 5.13. The Morgan fingerprint density at radius 1 is 0.826 bits per heavy atom. The topological polar surface area (TPSA) is 35.2 Å². The monoisotopic (exact) mass is 303 g/mol. The molecule has 0 aliphatic heterocycles. The summed E-state index contributed by atoms with van der Waals surface area (Å²) in [5.41, 5.74) is 12.6. The molecule has 3 aromatic rings. The molecule has 0 aliphatic carbocycles. The lowest BCUT2D eigenvalue weighted by atomic mass is 9.96. The van der Waals surface area contributed by atoms with E-state index in [0.29, 0.717) is 6.61 Å². The Hall–Kier alpha value is -2.74. The molecular weight excluding hydrogens is 282 g/mol. The van der Waals surface area contributed by atoms with E-state index in [2.05, 4.69) is 38.1 Å². The van der Waals surface area contributed by atoms with Gasteiger partial charge in [-0.05, 0) is 59.9 Å². The molecule has 0 atom stereocenters. The number of rotatable bonds is 4. The van der Waals surface area contributed by atoms with Crippen LogP contribution in [-0.4, -0.2) is 0 Å². The van der Waals surface area contributed by atoms with E-state index in [1.165, 1.54) is 22.3 Å². The lowest BCUT2D eigenvalue weighted by Crippen LogP contribution is -1.99. The molecule has 0 fully saturated rings. The first-order valence-electron chi connectivity index (χ1n) is 7.78. The number of ether oxygens (including phenoxy) is 1. The van der Waals surface area contributed by atoms with Gasteiger partial charge in [-0.2, -0.15) is 0 Å². The summed E-state index contributed by atoms with van der Waals surface area (Å²) >= 11 is 0. The molecule has 2 N–H and O–H groups in total. The predicted molar refractivity (Wildman–Crippen MR) is 96.5 cm³/mol. The Balaban J connectivity index is 1.86. The van der Waals surface area contributed by atoms with E-state index in [9.17, 15) is 0 Å². The van der Waals surface area contributed by atoms with Crippen molar-refractivity contribution in [3.05, 3.63) is 83.4 Å². The van der Waals surface area contributed by atoms with Crippen molar-refractivity contribution in [3.8, 4) is 16.9 Å².